The number of nitrogens with zero attached hydrogens (tertiary/aromatic N) is 3. The highest BCUT2D eigenvalue weighted by Gasteiger charge is 2.21. The number of sulfonamides is 1. The van der Waals surface area contributed by atoms with E-state index in [2.05, 4.69) is 10.2 Å². The van der Waals surface area contributed by atoms with E-state index in [0.29, 0.717) is 23.0 Å². The van der Waals surface area contributed by atoms with Crippen LogP contribution in [-0.2, 0) is 16.6 Å². The van der Waals surface area contributed by atoms with Gasteiger partial charge >= 0.3 is 0 Å². The number of hydrogen-bond acceptors (Lipinski definition) is 4. The molecule has 2 N–H and O–H groups in total. The first-order valence-electron chi connectivity index (χ1n) is 6.07. The standard InChI is InChI=1S/C12H15ClN4O2S/c1-3-6-17-11(15-16-12(17)20(14,18)19)9-5-4-8(2)10(13)7-9/h4-5,7H,3,6H2,1-2H3,(H2,14,18,19). The van der Waals surface area contributed by atoms with Gasteiger partial charge in [0.2, 0.25) is 0 Å². The van der Waals surface area contributed by atoms with Crippen molar-refractivity contribution in [2.24, 2.45) is 5.14 Å². The fraction of sp³-hybridized carbons (Fsp3) is 0.333. The second-order valence-electron chi connectivity index (χ2n) is 4.47. The monoisotopic (exact) mass is 314 g/mol. The van der Waals surface area contributed by atoms with Crippen LogP contribution in [0.3, 0.4) is 0 Å². The van der Waals surface area contributed by atoms with Gasteiger partial charge in [-0.1, -0.05) is 30.7 Å². The van der Waals surface area contributed by atoms with Gasteiger partial charge in [0.1, 0.15) is 0 Å². The average Bonchev–Trinajstić information content (AvgIpc) is 2.77. The highest BCUT2D eigenvalue weighted by Crippen LogP contribution is 2.25. The lowest BCUT2D eigenvalue weighted by Crippen LogP contribution is -2.19. The predicted molar refractivity (Wildman–Crippen MR) is 76.9 cm³/mol. The van der Waals surface area contributed by atoms with Crippen molar-refractivity contribution in [2.75, 3.05) is 0 Å². The highest BCUT2D eigenvalue weighted by atomic mass is 35.5. The lowest BCUT2D eigenvalue weighted by molar-refractivity contribution is 0.559. The molecule has 0 saturated heterocycles. The Morgan fingerprint density at radius 1 is 1.35 bits per heavy atom. The summed E-state index contributed by atoms with van der Waals surface area (Å²) in [6, 6.07) is 5.41. The molecule has 2 aromatic rings. The van der Waals surface area contributed by atoms with Crippen LogP contribution in [0.5, 0.6) is 0 Å². The lowest BCUT2D eigenvalue weighted by atomic mass is 10.1. The van der Waals surface area contributed by atoms with Gasteiger partial charge in [-0.3, -0.25) is 4.57 Å². The van der Waals surface area contributed by atoms with E-state index in [1.165, 1.54) is 4.57 Å². The van der Waals surface area contributed by atoms with Crippen molar-refractivity contribution in [2.45, 2.75) is 32.0 Å². The molecule has 0 amide bonds. The Bertz CT molecular complexity index is 740. The highest BCUT2D eigenvalue weighted by molar-refractivity contribution is 7.89. The Kier molecular flexibility index (Phi) is 4.12. The van der Waals surface area contributed by atoms with Crippen molar-refractivity contribution in [1.82, 2.24) is 14.8 Å². The molecule has 1 heterocycles. The van der Waals surface area contributed by atoms with Crippen LogP contribution in [0.25, 0.3) is 11.4 Å². The third-order valence-electron chi connectivity index (χ3n) is 2.85. The fourth-order valence-corrected chi connectivity index (χ4v) is 2.69. The second-order valence-corrected chi connectivity index (χ2v) is 6.33. The Morgan fingerprint density at radius 2 is 2.05 bits per heavy atom. The van der Waals surface area contributed by atoms with E-state index >= 15 is 0 Å². The third kappa shape index (κ3) is 2.84. The first kappa shape index (κ1) is 15.0. The molecule has 20 heavy (non-hydrogen) atoms. The molecule has 108 valence electrons. The summed E-state index contributed by atoms with van der Waals surface area (Å²) in [7, 11) is -3.90. The molecule has 8 heteroatoms. The molecule has 2 rings (SSSR count). The van der Waals surface area contributed by atoms with E-state index < -0.39 is 10.0 Å². The summed E-state index contributed by atoms with van der Waals surface area (Å²) in [6.07, 6.45) is 0.729. The molecular formula is C12H15ClN4O2S. The van der Waals surface area contributed by atoms with Crippen LogP contribution in [0.2, 0.25) is 5.02 Å². The summed E-state index contributed by atoms with van der Waals surface area (Å²) >= 11 is 6.09. The normalized spacial score (nSPS) is 11.8. The van der Waals surface area contributed by atoms with Crippen molar-refractivity contribution < 1.29 is 8.42 Å². The van der Waals surface area contributed by atoms with E-state index in [1.807, 2.05) is 26.0 Å². The van der Waals surface area contributed by atoms with Gasteiger partial charge in [-0.25, -0.2) is 13.6 Å². The first-order valence-corrected chi connectivity index (χ1v) is 7.99. The van der Waals surface area contributed by atoms with E-state index in [4.69, 9.17) is 16.7 Å². The van der Waals surface area contributed by atoms with E-state index in [1.54, 1.807) is 6.07 Å². The van der Waals surface area contributed by atoms with Crippen LogP contribution in [0.15, 0.2) is 23.4 Å². The number of hydrogen-bond donors (Lipinski definition) is 1. The van der Waals surface area contributed by atoms with Gasteiger partial charge < -0.3 is 0 Å². The third-order valence-corrected chi connectivity index (χ3v) is 4.07. The quantitative estimate of drug-likeness (QED) is 0.934. The Morgan fingerprint density at radius 3 is 2.60 bits per heavy atom. The van der Waals surface area contributed by atoms with E-state index in [9.17, 15) is 8.42 Å². The van der Waals surface area contributed by atoms with Gasteiger partial charge in [0.15, 0.2) is 5.82 Å². The van der Waals surface area contributed by atoms with Crippen molar-refractivity contribution in [3.8, 4) is 11.4 Å². The summed E-state index contributed by atoms with van der Waals surface area (Å²) in [4.78, 5) is 0. The maximum Gasteiger partial charge on any atom is 0.273 e. The van der Waals surface area contributed by atoms with Crippen LogP contribution in [-0.4, -0.2) is 23.2 Å². The van der Waals surface area contributed by atoms with Gasteiger partial charge in [-0.15, -0.1) is 10.2 Å². The van der Waals surface area contributed by atoms with E-state index in [0.717, 1.165) is 12.0 Å². The molecule has 0 unspecified atom stereocenters. The van der Waals surface area contributed by atoms with E-state index in [-0.39, 0.29) is 5.16 Å². The zero-order chi connectivity index (χ0) is 14.9. The van der Waals surface area contributed by atoms with Gasteiger partial charge in [0, 0.05) is 17.1 Å². The largest absolute Gasteiger partial charge is 0.297 e. The number of aromatic nitrogens is 3. The molecule has 1 aromatic carbocycles. The first-order chi connectivity index (χ1) is 9.34. The Balaban J connectivity index is 2.62. The number of halogens is 1. The second kappa shape index (κ2) is 5.51. The topological polar surface area (TPSA) is 90.9 Å². The number of aryl methyl sites for hydroxylation is 1. The molecule has 0 radical (unpaired) electrons. The minimum atomic E-state index is -3.90. The van der Waals surface area contributed by atoms with Crippen molar-refractivity contribution in [1.29, 1.82) is 0 Å². The zero-order valence-corrected chi connectivity index (χ0v) is 12.7. The number of nitrogens with two attached hydrogens (primary N) is 1. The van der Waals surface area contributed by atoms with Crippen LogP contribution in [0, 0.1) is 6.92 Å². The van der Waals surface area contributed by atoms with Crippen molar-refractivity contribution >= 4 is 21.6 Å². The average molecular weight is 315 g/mol. The van der Waals surface area contributed by atoms with Gasteiger partial charge in [-0.05, 0) is 25.0 Å². The predicted octanol–water partition coefficient (Wildman–Crippen LogP) is 1.96. The number of rotatable bonds is 4. The summed E-state index contributed by atoms with van der Waals surface area (Å²) in [5, 5.41) is 13.1. The fourth-order valence-electron chi connectivity index (χ4n) is 1.87. The molecule has 0 atom stereocenters. The molecule has 0 aliphatic heterocycles. The minimum Gasteiger partial charge on any atom is -0.297 e. The number of primary sulfonamides is 1. The molecule has 0 aliphatic rings. The van der Waals surface area contributed by atoms with Crippen LogP contribution >= 0.6 is 11.6 Å². The smallest absolute Gasteiger partial charge is 0.273 e. The summed E-state index contributed by atoms with van der Waals surface area (Å²) in [5.41, 5.74) is 1.64. The Labute approximate surface area is 122 Å². The van der Waals surface area contributed by atoms with Gasteiger partial charge in [-0.2, -0.15) is 0 Å². The van der Waals surface area contributed by atoms with Crippen LogP contribution in [0.1, 0.15) is 18.9 Å². The lowest BCUT2D eigenvalue weighted by Gasteiger charge is -2.08. The molecule has 1 aromatic heterocycles. The van der Waals surface area contributed by atoms with Crippen molar-refractivity contribution in [3.05, 3.63) is 28.8 Å². The van der Waals surface area contributed by atoms with Gasteiger partial charge in [0.05, 0.1) is 0 Å². The molecule has 0 saturated carbocycles. The Hall–Kier alpha value is -1.44. The summed E-state index contributed by atoms with van der Waals surface area (Å²) in [5.74, 6) is 0.442. The SMILES string of the molecule is CCCn1c(-c2ccc(C)c(Cl)c2)nnc1S(N)(=O)=O. The molecule has 0 fully saturated rings. The zero-order valence-electron chi connectivity index (χ0n) is 11.2. The minimum absolute atomic E-state index is 0.231. The van der Waals surface area contributed by atoms with Gasteiger partial charge in [0.25, 0.3) is 15.2 Å². The summed E-state index contributed by atoms with van der Waals surface area (Å²) < 4.78 is 24.5. The van der Waals surface area contributed by atoms with Crippen LogP contribution < -0.4 is 5.14 Å². The maximum atomic E-state index is 11.5. The maximum absolute atomic E-state index is 11.5. The molecular weight excluding hydrogens is 300 g/mol. The molecule has 0 spiro atoms. The van der Waals surface area contributed by atoms with Crippen molar-refractivity contribution in [3.63, 3.8) is 0 Å². The molecule has 6 nitrogen and oxygen atoms in total. The summed E-state index contributed by atoms with van der Waals surface area (Å²) in [6.45, 7) is 4.27. The van der Waals surface area contributed by atoms with Crippen LogP contribution in [0.4, 0.5) is 0 Å². The molecule has 0 aliphatic carbocycles. The molecule has 0 bridgehead atoms. The number of benzene rings is 1.